The number of hydrogen-bond donors (Lipinski definition) is 1. The van der Waals surface area contributed by atoms with E-state index in [4.69, 9.17) is 4.74 Å². The minimum atomic E-state index is 0.285. The van der Waals surface area contributed by atoms with E-state index >= 15 is 0 Å². The fourth-order valence-corrected chi connectivity index (χ4v) is 3.07. The van der Waals surface area contributed by atoms with Crippen LogP contribution >= 0.6 is 27.3 Å². The molecule has 0 amide bonds. The zero-order valence-corrected chi connectivity index (χ0v) is 12.8. The topological polar surface area (TPSA) is 21.3 Å². The van der Waals surface area contributed by atoms with E-state index in [1.54, 1.807) is 11.3 Å². The summed E-state index contributed by atoms with van der Waals surface area (Å²) in [6, 6.07) is 10.5. The largest absolute Gasteiger partial charge is 0.488 e. The van der Waals surface area contributed by atoms with Gasteiger partial charge in [0.15, 0.2) is 0 Å². The molecule has 96 valence electrons. The van der Waals surface area contributed by atoms with Crippen LogP contribution in [0.1, 0.15) is 23.4 Å². The van der Waals surface area contributed by atoms with Gasteiger partial charge in [0.2, 0.25) is 0 Å². The van der Waals surface area contributed by atoms with Crippen molar-refractivity contribution < 1.29 is 4.74 Å². The molecule has 1 aromatic carbocycles. The van der Waals surface area contributed by atoms with Crippen molar-refractivity contribution in [3.05, 3.63) is 50.6 Å². The summed E-state index contributed by atoms with van der Waals surface area (Å²) in [5.41, 5.74) is 1.19. The predicted octanol–water partition coefficient (Wildman–Crippen LogP) is 4.37. The molecule has 2 aromatic rings. The standard InChI is InChI=1S/C14H16BrNOS/c1-10(16-2)11-5-3-4-6-13(11)17-9-14-12(15)7-8-18-14/h3-8,10,16H,9H2,1-2H3. The Morgan fingerprint density at radius 2 is 2.11 bits per heavy atom. The summed E-state index contributed by atoms with van der Waals surface area (Å²) in [5, 5.41) is 5.30. The third-order valence-electron chi connectivity index (χ3n) is 2.87. The maximum atomic E-state index is 5.93. The quantitative estimate of drug-likeness (QED) is 0.881. The zero-order valence-electron chi connectivity index (χ0n) is 10.4. The molecular formula is C14H16BrNOS. The van der Waals surface area contributed by atoms with E-state index in [2.05, 4.69) is 39.6 Å². The van der Waals surface area contributed by atoms with Gasteiger partial charge < -0.3 is 10.1 Å². The van der Waals surface area contributed by atoms with Gasteiger partial charge >= 0.3 is 0 Å². The molecule has 2 nitrogen and oxygen atoms in total. The summed E-state index contributed by atoms with van der Waals surface area (Å²) in [6.07, 6.45) is 0. The Labute approximate surface area is 120 Å². The monoisotopic (exact) mass is 325 g/mol. The molecule has 1 aromatic heterocycles. The number of ether oxygens (including phenoxy) is 1. The lowest BCUT2D eigenvalue weighted by atomic mass is 10.1. The van der Waals surface area contributed by atoms with E-state index in [1.165, 1.54) is 10.4 Å². The lowest BCUT2D eigenvalue weighted by Crippen LogP contribution is -2.13. The van der Waals surface area contributed by atoms with Crippen LogP contribution in [-0.2, 0) is 6.61 Å². The Morgan fingerprint density at radius 3 is 2.78 bits per heavy atom. The normalized spacial score (nSPS) is 12.4. The van der Waals surface area contributed by atoms with Crippen LogP contribution in [0.4, 0.5) is 0 Å². The molecule has 0 spiro atoms. The number of thiophene rings is 1. The Morgan fingerprint density at radius 1 is 1.33 bits per heavy atom. The average Bonchev–Trinajstić information content (AvgIpc) is 2.81. The van der Waals surface area contributed by atoms with E-state index in [1.807, 2.05) is 31.3 Å². The first-order valence-electron chi connectivity index (χ1n) is 5.83. The third kappa shape index (κ3) is 3.13. The second-order valence-corrected chi connectivity index (χ2v) is 5.88. The summed E-state index contributed by atoms with van der Waals surface area (Å²) in [6.45, 7) is 2.73. The Balaban J connectivity index is 2.12. The van der Waals surface area contributed by atoms with Gasteiger partial charge in [-0.2, -0.15) is 0 Å². The van der Waals surface area contributed by atoms with Crippen molar-refractivity contribution in [2.75, 3.05) is 7.05 Å². The Hall–Kier alpha value is -0.840. The fourth-order valence-electron chi connectivity index (χ4n) is 1.70. The van der Waals surface area contributed by atoms with Crippen LogP contribution in [-0.4, -0.2) is 7.05 Å². The number of hydrogen-bond acceptors (Lipinski definition) is 3. The highest BCUT2D eigenvalue weighted by atomic mass is 79.9. The van der Waals surface area contributed by atoms with E-state index in [9.17, 15) is 0 Å². The molecule has 1 atom stereocenters. The van der Waals surface area contributed by atoms with Crippen molar-refractivity contribution in [2.45, 2.75) is 19.6 Å². The maximum absolute atomic E-state index is 5.93. The van der Waals surface area contributed by atoms with Crippen molar-refractivity contribution >= 4 is 27.3 Å². The molecule has 18 heavy (non-hydrogen) atoms. The summed E-state index contributed by atoms with van der Waals surface area (Å²) >= 11 is 5.22. The van der Waals surface area contributed by atoms with Gasteiger partial charge in [0, 0.05) is 16.1 Å². The summed E-state index contributed by atoms with van der Waals surface area (Å²) in [7, 11) is 1.96. The number of rotatable bonds is 5. The van der Waals surface area contributed by atoms with E-state index in [0.29, 0.717) is 6.61 Å². The molecule has 1 N–H and O–H groups in total. The molecule has 0 bridgehead atoms. The molecule has 0 saturated carbocycles. The molecule has 4 heteroatoms. The SMILES string of the molecule is CNC(C)c1ccccc1OCc1sccc1Br. The van der Waals surface area contributed by atoms with Crippen molar-refractivity contribution in [1.82, 2.24) is 5.32 Å². The van der Waals surface area contributed by atoms with Gasteiger partial charge in [-0.3, -0.25) is 0 Å². The van der Waals surface area contributed by atoms with Gasteiger partial charge in [0.1, 0.15) is 12.4 Å². The molecule has 1 unspecified atom stereocenters. The first-order chi connectivity index (χ1) is 8.72. The third-order valence-corrected chi connectivity index (χ3v) is 4.77. The molecule has 0 fully saturated rings. The van der Waals surface area contributed by atoms with Gasteiger partial charge in [0.05, 0.1) is 4.88 Å². The predicted molar refractivity (Wildman–Crippen MR) is 80.3 cm³/mol. The van der Waals surface area contributed by atoms with Crippen LogP contribution in [0.15, 0.2) is 40.2 Å². The molecule has 0 aliphatic carbocycles. The molecule has 1 heterocycles. The molecule has 0 aliphatic rings. The highest BCUT2D eigenvalue weighted by molar-refractivity contribution is 9.10. The van der Waals surface area contributed by atoms with Crippen LogP contribution in [0.3, 0.4) is 0 Å². The molecular weight excluding hydrogens is 310 g/mol. The van der Waals surface area contributed by atoms with E-state index < -0.39 is 0 Å². The minimum absolute atomic E-state index is 0.285. The molecule has 2 rings (SSSR count). The molecule has 0 aliphatic heterocycles. The smallest absolute Gasteiger partial charge is 0.124 e. The second-order valence-electron chi connectivity index (χ2n) is 4.03. The lowest BCUT2D eigenvalue weighted by molar-refractivity contribution is 0.303. The van der Waals surface area contributed by atoms with Crippen molar-refractivity contribution in [3.63, 3.8) is 0 Å². The summed E-state index contributed by atoms with van der Waals surface area (Å²) in [4.78, 5) is 1.21. The highest BCUT2D eigenvalue weighted by Gasteiger charge is 2.10. The van der Waals surface area contributed by atoms with Crippen molar-refractivity contribution in [1.29, 1.82) is 0 Å². The minimum Gasteiger partial charge on any atom is -0.488 e. The number of halogens is 1. The van der Waals surface area contributed by atoms with E-state index in [-0.39, 0.29) is 6.04 Å². The number of benzene rings is 1. The van der Waals surface area contributed by atoms with Crippen molar-refractivity contribution in [3.8, 4) is 5.75 Å². The zero-order chi connectivity index (χ0) is 13.0. The highest BCUT2D eigenvalue weighted by Crippen LogP contribution is 2.28. The number of nitrogens with one attached hydrogen (secondary N) is 1. The Kier molecular flexibility index (Phi) is 4.80. The van der Waals surface area contributed by atoms with Gasteiger partial charge in [-0.05, 0) is 47.4 Å². The van der Waals surface area contributed by atoms with Crippen LogP contribution in [0.5, 0.6) is 5.75 Å². The first-order valence-corrected chi connectivity index (χ1v) is 7.50. The second kappa shape index (κ2) is 6.36. The van der Waals surface area contributed by atoms with Crippen LogP contribution in [0, 0.1) is 0 Å². The van der Waals surface area contributed by atoms with E-state index in [0.717, 1.165) is 10.2 Å². The first kappa shape index (κ1) is 13.6. The molecule has 0 radical (unpaired) electrons. The molecule has 0 saturated heterocycles. The van der Waals surface area contributed by atoms with Crippen LogP contribution < -0.4 is 10.1 Å². The van der Waals surface area contributed by atoms with Gasteiger partial charge in [-0.15, -0.1) is 11.3 Å². The van der Waals surface area contributed by atoms with Crippen LogP contribution in [0.2, 0.25) is 0 Å². The van der Waals surface area contributed by atoms with Crippen LogP contribution in [0.25, 0.3) is 0 Å². The Bertz CT molecular complexity index is 512. The lowest BCUT2D eigenvalue weighted by Gasteiger charge is -2.16. The van der Waals surface area contributed by atoms with Crippen molar-refractivity contribution in [2.24, 2.45) is 0 Å². The van der Waals surface area contributed by atoms with Gasteiger partial charge in [0.25, 0.3) is 0 Å². The summed E-state index contributed by atoms with van der Waals surface area (Å²) < 4.78 is 7.04. The number of para-hydroxylation sites is 1. The maximum Gasteiger partial charge on any atom is 0.124 e. The fraction of sp³-hybridized carbons (Fsp3) is 0.286. The van der Waals surface area contributed by atoms with Gasteiger partial charge in [-0.25, -0.2) is 0 Å². The van der Waals surface area contributed by atoms with Gasteiger partial charge in [-0.1, -0.05) is 18.2 Å². The summed E-state index contributed by atoms with van der Waals surface area (Å²) in [5.74, 6) is 0.944. The average molecular weight is 326 g/mol.